The summed E-state index contributed by atoms with van der Waals surface area (Å²) >= 11 is 5.95. The highest BCUT2D eigenvalue weighted by Crippen LogP contribution is 2.28. The van der Waals surface area contributed by atoms with Gasteiger partial charge in [0, 0.05) is 28.2 Å². The van der Waals surface area contributed by atoms with Crippen LogP contribution in [0.15, 0.2) is 41.3 Å². The summed E-state index contributed by atoms with van der Waals surface area (Å²) in [5, 5.41) is 1.35. The van der Waals surface area contributed by atoms with Crippen molar-refractivity contribution in [2.24, 2.45) is 0 Å². The molecule has 2 aromatic carbocycles. The highest BCUT2D eigenvalue weighted by Gasteiger charge is 2.20. The number of aromatic nitrogens is 1. The molecule has 0 spiro atoms. The van der Waals surface area contributed by atoms with Gasteiger partial charge in [-0.1, -0.05) is 11.6 Å². The maximum absolute atomic E-state index is 12.7. The minimum atomic E-state index is -3.75. The molecule has 3 rings (SSSR count). The predicted octanol–water partition coefficient (Wildman–Crippen LogP) is 3.67. The minimum Gasteiger partial charge on any atom is -0.497 e. The summed E-state index contributed by atoms with van der Waals surface area (Å²) in [7, 11) is -0.713. The molecule has 27 heavy (non-hydrogen) atoms. The zero-order valence-corrected chi connectivity index (χ0v) is 16.9. The molecule has 1 heterocycles. The lowest BCUT2D eigenvalue weighted by Gasteiger charge is -2.11. The van der Waals surface area contributed by atoms with Gasteiger partial charge >= 0.3 is 0 Å². The van der Waals surface area contributed by atoms with Gasteiger partial charge in [0.05, 0.1) is 14.2 Å². The summed E-state index contributed by atoms with van der Waals surface area (Å²) in [4.78, 5) is 3.34. The quantitative estimate of drug-likeness (QED) is 0.625. The zero-order valence-electron chi connectivity index (χ0n) is 15.3. The van der Waals surface area contributed by atoms with Crippen LogP contribution in [0, 0.1) is 6.92 Å². The smallest absolute Gasteiger partial charge is 0.244 e. The van der Waals surface area contributed by atoms with Crippen LogP contribution in [0.4, 0.5) is 0 Å². The van der Waals surface area contributed by atoms with Gasteiger partial charge in [0.2, 0.25) is 10.0 Å². The second-order valence-corrected chi connectivity index (χ2v) is 8.25. The lowest BCUT2D eigenvalue weighted by atomic mass is 10.1. The second-order valence-electron chi connectivity index (χ2n) is 6.08. The number of hydrogen-bond donors (Lipinski definition) is 2. The minimum absolute atomic E-state index is 0.0230. The number of aromatic amines is 1. The Morgan fingerprint density at radius 1 is 1.11 bits per heavy atom. The van der Waals surface area contributed by atoms with E-state index >= 15 is 0 Å². The van der Waals surface area contributed by atoms with Crippen molar-refractivity contribution < 1.29 is 17.9 Å². The Kier molecular flexibility index (Phi) is 5.64. The molecule has 0 unspecified atom stereocenters. The molecule has 0 atom stereocenters. The van der Waals surface area contributed by atoms with Crippen LogP contribution in [0.1, 0.15) is 11.3 Å². The van der Waals surface area contributed by atoms with Gasteiger partial charge in [0.15, 0.2) is 0 Å². The average Bonchev–Trinajstić information content (AvgIpc) is 2.96. The molecule has 0 bridgehead atoms. The first kappa shape index (κ1) is 19.5. The topological polar surface area (TPSA) is 80.4 Å². The third-order valence-corrected chi connectivity index (χ3v) is 6.13. The van der Waals surface area contributed by atoms with E-state index in [0.29, 0.717) is 11.4 Å². The first-order valence-electron chi connectivity index (χ1n) is 8.34. The highest BCUT2D eigenvalue weighted by molar-refractivity contribution is 7.89. The van der Waals surface area contributed by atoms with Gasteiger partial charge in [0.25, 0.3) is 0 Å². The molecule has 0 aliphatic heterocycles. The van der Waals surface area contributed by atoms with Crippen LogP contribution < -0.4 is 14.2 Å². The molecule has 0 fully saturated rings. The molecule has 0 aliphatic carbocycles. The highest BCUT2D eigenvalue weighted by atomic mass is 35.5. The number of rotatable bonds is 7. The van der Waals surface area contributed by atoms with Gasteiger partial charge in [-0.2, -0.15) is 0 Å². The molecule has 0 radical (unpaired) electrons. The first-order chi connectivity index (χ1) is 12.9. The summed E-state index contributed by atoms with van der Waals surface area (Å²) in [6.07, 6.45) is 0.529. The summed E-state index contributed by atoms with van der Waals surface area (Å²) < 4.78 is 38.4. The van der Waals surface area contributed by atoms with Crippen molar-refractivity contribution in [3.8, 4) is 11.5 Å². The fourth-order valence-electron chi connectivity index (χ4n) is 3.06. The monoisotopic (exact) mass is 408 g/mol. The summed E-state index contributed by atoms with van der Waals surface area (Å²) in [5.74, 6) is 1.01. The lowest BCUT2D eigenvalue weighted by molar-refractivity contribution is 0.402. The largest absolute Gasteiger partial charge is 0.497 e. The van der Waals surface area contributed by atoms with Crippen molar-refractivity contribution in [1.29, 1.82) is 0 Å². The van der Waals surface area contributed by atoms with Crippen molar-refractivity contribution in [3.05, 3.63) is 52.7 Å². The molecule has 2 N–H and O–H groups in total. The number of nitrogens with one attached hydrogen (secondary N) is 2. The van der Waals surface area contributed by atoms with Crippen molar-refractivity contribution in [1.82, 2.24) is 9.71 Å². The second kappa shape index (κ2) is 7.80. The van der Waals surface area contributed by atoms with Crippen LogP contribution in [0.2, 0.25) is 5.02 Å². The van der Waals surface area contributed by atoms with Gasteiger partial charge in [-0.05, 0) is 55.3 Å². The molecule has 0 saturated carbocycles. The van der Waals surface area contributed by atoms with Gasteiger partial charge in [0.1, 0.15) is 16.4 Å². The van der Waals surface area contributed by atoms with Gasteiger partial charge < -0.3 is 14.5 Å². The zero-order chi connectivity index (χ0) is 19.6. The molecule has 3 aromatic rings. The third-order valence-electron chi connectivity index (χ3n) is 4.41. The molecule has 1 aromatic heterocycles. The number of benzene rings is 2. The number of methoxy groups -OCH3 is 2. The van der Waals surface area contributed by atoms with Crippen LogP contribution in [0.3, 0.4) is 0 Å². The Hall–Kier alpha value is -2.22. The van der Waals surface area contributed by atoms with Crippen molar-refractivity contribution in [2.75, 3.05) is 20.8 Å². The van der Waals surface area contributed by atoms with E-state index in [-0.39, 0.29) is 17.2 Å². The van der Waals surface area contributed by atoms with E-state index in [1.807, 2.05) is 25.1 Å². The van der Waals surface area contributed by atoms with E-state index in [4.69, 9.17) is 21.1 Å². The fourth-order valence-corrected chi connectivity index (χ4v) is 4.52. The van der Waals surface area contributed by atoms with E-state index in [1.54, 1.807) is 13.2 Å². The number of ether oxygens (including phenoxy) is 2. The Bertz CT molecular complexity index is 1080. The van der Waals surface area contributed by atoms with Gasteiger partial charge in [-0.15, -0.1) is 0 Å². The number of hydrogen-bond acceptors (Lipinski definition) is 4. The van der Waals surface area contributed by atoms with E-state index in [9.17, 15) is 8.42 Å². The number of aryl methyl sites for hydroxylation is 1. The van der Waals surface area contributed by atoms with E-state index < -0.39 is 10.0 Å². The third kappa shape index (κ3) is 4.05. The molecular formula is C19H21ClN2O4S. The van der Waals surface area contributed by atoms with Crippen molar-refractivity contribution in [3.63, 3.8) is 0 Å². The van der Waals surface area contributed by atoms with Crippen LogP contribution >= 0.6 is 11.6 Å². The van der Waals surface area contributed by atoms with E-state index in [2.05, 4.69) is 9.71 Å². The molecular weight excluding hydrogens is 388 g/mol. The number of fused-ring (bicyclic) bond motifs is 1. The summed E-state index contributed by atoms with van der Waals surface area (Å²) in [6, 6.07) is 10.3. The predicted molar refractivity (Wildman–Crippen MR) is 106 cm³/mol. The molecule has 144 valence electrons. The summed E-state index contributed by atoms with van der Waals surface area (Å²) in [5.41, 5.74) is 3.03. The maximum atomic E-state index is 12.7. The molecule has 6 nitrogen and oxygen atoms in total. The van der Waals surface area contributed by atoms with Crippen LogP contribution in [-0.2, 0) is 16.4 Å². The van der Waals surface area contributed by atoms with Crippen molar-refractivity contribution in [2.45, 2.75) is 18.2 Å². The molecule has 8 heteroatoms. The standard InChI is InChI=1S/C19H21ClN2O4S/c1-12-15(16-11-14(25-2)5-6-17(16)22-12)8-9-21-27(23,24)19-10-13(20)4-7-18(19)26-3/h4-7,10-11,21-22H,8-9H2,1-3H3. The Balaban J connectivity index is 1.81. The average molecular weight is 409 g/mol. The van der Waals surface area contributed by atoms with Gasteiger partial charge in [-0.3, -0.25) is 0 Å². The van der Waals surface area contributed by atoms with Crippen LogP contribution in [0.25, 0.3) is 10.9 Å². The Morgan fingerprint density at radius 2 is 1.89 bits per heavy atom. The first-order valence-corrected chi connectivity index (χ1v) is 10.2. The normalized spacial score (nSPS) is 11.7. The molecule has 0 saturated heterocycles. The van der Waals surface area contributed by atoms with Crippen LogP contribution in [-0.4, -0.2) is 34.2 Å². The number of H-pyrrole nitrogens is 1. The fraction of sp³-hybridized carbons (Fsp3) is 0.263. The number of halogens is 1. The van der Waals surface area contributed by atoms with Gasteiger partial charge in [-0.25, -0.2) is 13.1 Å². The van der Waals surface area contributed by atoms with E-state index in [1.165, 1.54) is 19.2 Å². The van der Waals surface area contributed by atoms with Crippen molar-refractivity contribution >= 4 is 32.5 Å². The Labute approximate surface area is 163 Å². The molecule has 0 amide bonds. The summed E-state index contributed by atoms with van der Waals surface area (Å²) in [6.45, 7) is 2.21. The maximum Gasteiger partial charge on any atom is 0.244 e. The lowest BCUT2D eigenvalue weighted by Crippen LogP contribution is -2.26. The number of sulfonamides is 1. The Morgan fingerprint density at radius 3 is 2.59 bits per heavy atom. The molecule has 0 aliphatic rings. The SMILES string of the molecule is COc1ccc2[nH]c(C)c(CCNS(=O)(=O)c3cc(Cl)ccc3OC)c2c1. The van der Waals surface area contributed by atoms with Crippen LogP contribution in [0.5, 0.6) is 11.5 Å². The van der Waals surface area contributed by atoms with E-state index in [0.717, 1.165) is 27.9 Å².